The summed E-state index contributed by atoms with van der Waals surface area (Å²) in [6.45, 7) is 1.80. The second-order valence-electron chi connectivity index (χ2n) is 5.97. The number of hydroxylamine groups is 1. The molecule has 0 bridgehead atoms. The van der Waals surface area contributed by atoms with E-state index in [1.54, 1.807) is 30.6 Å². The van der Waals surface area contributed by atoms with Crippen LogP contribution in [0.1, 0.15) is 11.6 Å². The molecule has 1 aliphatic rings. The molecular weight excluding hydrogens is 378 g/mol. The minimum Gasteiger partial charge on any atom is -0.354 e. The number of rotatable bonds is 6. The molecular formula is C16H20ClN5O3S. The summed E-state index contributed by atoms with van der Waals surface area (Å²) in [6.07, 6.45) is 4.70. The zero-order valence-corrected chi connectivity index (χ0v) is 15.6. The molecule has 0 spiro atoms. The molecule has 1 unspecified atom stereocenters. The van der Waals surface area contributed by atoms with Gasteiger partial charge in [-0.05, 0) is 23.8 Å². The van der Waals surface area contributed by atoms with Crippen molar-refractivity contribution in [3.63, 3.8) is 0 Å². The summed E-state index contributed by atoms with van der Waals surface area (Å²) in [5, 5.41) is 9.93. The van der Waals surface area contributed by atoms with Crippen LogP contribution in [-0.2, 0) is 10.0 Å². The van der Waals surface area contributed by atoms with Crippen LogP contribution in [0, 0.1) is 0 Å². The maximum Gasteiger partial charge on any atom is 0.216 e. The summed E-state index contributed by atoms with van der Waals surface area (Å²) in [5.74, 6) is 0.533. The van der Waals surface area contributed by atoms with E-state index in [-0.39, 0.29) is 5.75 Å². The van der Waals surface area contributed by atoms with Gasteiger partial charge in [0.05, 0.1) is 16.8 Å². The van der Waals surface area contributed by atoms with Crippen molar-refractivity contribution in [2.45, 2.75) is 6.04 Å². The van der Waals surface area contributed by atoms with E-state index in [1.807, 2.05) is 11.0 Å². The van der Waals surface area contributed by atoms with Crippen molar-refractivity contribution in [3.8, 4) is 0 Å². The van der Waals surface area contributed by atoms with E-state index in [0.717, 1.165) is 5.82 Å². The van der Waals surface area contributed by atoms with Crippen molar-refractivity contribution in [2.24, 2.45) is 0 Å². The van der Waals surface area contributed by atoms with E-state index in [0.29, 0.717) is 36.8 Å². The fraction of sp³-hybridized carbons (Fsp3) is 0.375. The largest absolute Gasteiger partial charge is 0.354 e. The number of nitrogens with one attached hydrogen (secondary N) is 1. The van der Waals surface area contributed by atoms with Crippen molar-refractivity contribution < 1.29 is 13.6 Å². The highest BCUT2D eigenvalue weighted by molar-refractivity contribution is 7.89. The van der Waals surface area contributed by atoms with Crippen LogP contribution >= 0.6 is 11.6 Å². The Bertz CT molecular complexity index is 812. The predicted molar refractivity (Wildman–Crippen MR) is 98.7 cm³/mol. The van der Waals surface area contributed by atoms with Crippen molar-refractivity contribution in [3.05, 3.63) is 53.4 Å². The average molecular weight is 398 g/mol. The molecule has 1 fully saturated rings. The molecule has 0 aliphatic carbocycles. The van der Waals surface area contributed by atoms with Gasteiger partial charge in [-0.15, -0.1) is 0 Å². The molecule has 3 heterocycles. The molecule has 0 saturated carbocycles. The number of nitrogens with zero attached hydrogens (tertiary/aromatic N) is 4. The number of pyridine rings is 2. The van der Waals surface area contributed by atoms with Gasteiger partial charge in [-0.25, -0.2) is 13.4 Å². The fourth-order valence-corrected chi connectivity index (χ4v) is 4.59. The quantitative estimate of drug-likeness (QED) is 0.709. The van der Waals surface area contributed by atoms with E-state index in [2.05, 4.69) is 15.4 Å². The highest BCUT2D eigenvalue weighted by atomic mass is 35.5. The SMILES string of the molecule is O=S(=O)(CC(NO)c1cccnc1)N1CCN(c2ccc(Cl)cn2)CC1. The fourth-order valence-electron chi connectivity index (χ4n) is 2.86. The molecule has 26 heavy (non-hydrogen) atoms. The van der Waals surface area contributed by atoms with Crippen LogP contribution in [0.4, 0.5) is 5.82 Å². The average Bonchev–Trinajstić information content (AvgIpc) is 2.67. The molecule has 0 amide bonds. The Kier molecular flexibility index (Phi) is 6.05. The first-order valence-corrected chi connectivity index (χ1v) is 10.1. The summed E-state index contributed by atoms with van der Waals surface area (Å²) in [6, 6.07) is 6.27. The summed E-state index contributed by atoms with van der Waals surface area (Å²) >= 11 is 5.85. The Balaban J connectivity index is 1.63. The lowest BCUT2D eigenvalue weighted by Gasteiger charge is -2.35. The highest BCUT2D eigenvalue weighted by Gasteiger charge is 2.30. The lowest BCUT2D eigenvalue weighted by Crippen LogP contribution is -2.50. The lowest BCUT2D eigenvalue weighted by atomic mass is 10.1. The second-order valence-corrected chi connectivity index (χ2v) is 8.42. The standard InChI is InChI=1S/C16H20ClN5O3S/c17-14-3-4-16(19-11-14)21-6-8-22(9-7-21)26(24,25)12-15(20-23)13-2-1-5-18-10-13/h1-5,10-11,15,20,23H,6-9,12H2. The van der Waals surface area contributed by atoms with Crippen molar-refractivity contribution >= 4 is 27.4 Å². The molecule has 2 N–H and O–H groups in total. The molecule has 1 saturated heterocycles. The first-order valence-electron chi connectivity index (χ1n) is 8.13. The van der Waals surface area contributed by atoms with Crippen LogP contribution < -0.4 is 10.4 Å². The molecule has 2 aromatic rings. The number of anilines is 1. The first kappa shape index (κ1) is 19.0. The maximum atomic E-state index is 12.7. The Labute approximate surface area is 157 Å². The molecule has 1 atom stereocenters. The Morgan fingerprint density at radius 1 is 1.19 bits per heavy atom. The zero-order valence-electron chi connectivity index (χ0n) is 14.0. The molecule has 3 rings (SSSR count). The van der Waals surface area contributed by atoms with Gasteiger partial charge in [0.25, 0.3) is 0 Å². The van der Waals surface area contributed by atoms with Gasteiger partial charge in [0, 0.05) is 44.8 Å². The third-order valence-electron chi connectivity index (χ3n) is 4.29. The van der Waals surface area contributed by atoms with Crippen LogP contribution in [0.5, 0.6) is 0 Å². The van der Waals surface area contributed by atoms with Gasteiger partial charge < -0.3 is 10.1 Å². The van der Waals surface area contributed by atoms with Crippen LogP contribution in [0.3, 0.4) is 0 Å². The summed E-state index contributed by atoms with van der Waals surface area (Å²) in [7, 11) is -3.54. The molecule has 1 aliphatic heterocycles. The Morgan fingerprint density at radius 2 is 1.96 bits per heavy atom. The van der Waals surface area contributed by atoms with Gasteiger partial charge in [-0.2, -0.15) is 9.79 Å². The topological polar surface area (TPSA) is 98.7 Å². The van der Waals surface area contributed by atoms with E-state index < -0.39 is 16.1 Å². The summed E-state index contributed by atoms with van der Waals surface area (Å²) in [5.41, 5.74) is 2.69. The molecule has 0 aromatic carbocycles. The molecule has 10 heteroatoms. The number of sulfonamides is 1. The van der Waals surface area contributed by atoms with E-state index in [9.17, 15) is 13.6 Å². The van der Waals surface area contributed by atoms with Crippen molar-refractivity contribution in [1.29, 1.82) is 0 Å². The van der Waals surface area contributed by atoms with Gasteiger partial charge in [-0.1, -0.05) is 17.7 Å². The predicted octanol–water partition coefficient (Wildman–Crippen LogP) is 1.30. The molecule has 8 nitrogen and oxygen atoms in total. The zero-order chi connectivity index (χ0) is 18.6. The van der Waals surface area contributed by atoms with Crippen LogP contribution in [0.2, 0.25) is 5.02 Å². The second kappa shape index (κ2) is 8.28. The minimum absolute atomic E-state index is 0.242. The lowest BCUT2D eigenvalue weighted by molar-refractivity contribution is 0.133. The Morgan fingerprint density at radius 3 is 2.54 bits per heavy atom. The Hall–Kier alpha value is -1.78. The number of piperazine rings is 1. The van der Waals surface area contributed by atoms with Gasteiger partial charge in [-0.3, -0.25) is 4.98 Å². The maximum absolute atomic E-state index is 12.7. The number of aromatic nitrogens is 2. The van der Waals surface area contributed by atoms with Crippen LogP contribution in [0.15, 0.2) is 42.9 Å². The van der Waals surface area contributed by atoms with Crippen molar-refractivity contribution in [2.75, 3.05) is 36.8 Å². The van der Waals surface area contributed by atoms with E-state index >= 15 is 0 Å². The smallest absolute Gasteiger partial charge is 0.216 e. The number of hydrogen-bond acceptors (Lipinski definition) is 7. The monoisotopic (exact) mass is 397 g/mol. The van der Waals surface area contributed by atoms with Gasteiger partial charge in [0.1, 0.15) is 5.82 Å². The van der Waals surface area contributed by atoms with Gasteiger partial charge in [0.2, 0.25) is 10.0 Å². The summed E-state index contributed by atoms with van der Waals surface area (Å²) in [4.78, 5) is 10.2. The molecule has 0 radical (unpaired) electrons. The highest BCUT2D eigenvalue weighted by Crippen LogP contribution is 2.20. The normalized spacial score (nSPS) is 17.2. The van der Waals surface area contributed by atoms with Gasteiger partial charge in [0.15, 0.2) is 0 Å². The first-order chi connectivity index (χ1) is 12.5. The third-order valence-corrected chi connectivity index (χ3v) is 6.42. The molecule has 140 valence electrons. The van der Waals surface area contributed by atoms with E-state index in [4.69, 9.17) is 11.6 Å². The third kappa shape index (κ3) is 4.49. The minimum atomic E-state index is -3.54. The van der Waals surface area contributed by atoms with Gasteiger partial charge >= 0.3 is 0 Å². The summed E-state index contributed by atoms with van der Waals surface area (Å²) < 4.78 is 26.9. The van der Waals surface area contributed by atoms with Crippen LogP contribution in [0.25, 0.3) is 0 Å². The number of hydrogen-bond donors (Lipinski definition) is 2. The van der Waals surface area contributed by atoms with Crippen molar-refractivity contribution in [1.82, 2.24) is 19.8 Å². The molecule has 2 aromatic heterocycles. The van der Waals surface area contributed by atoms with E-state index in [1.165, 1.54) is 10.5 Å². The van der Waals surface area contributed by atoms with Crippen LogP contribution in [-0.4, -0.2) is 59.8 Å². The number of halogens is 1.